The first-order valence-corrected chi connectivity index (χ1v) is 8.76. The van der Waals surface area contributed by atoms with Crippen molar-refractivity contribution in [2.75, 3.05) is 19.6 Å². The second kappa shape index (κ2) is 7.28. The number of piperazine rings is 1. The van der Waals surface area contributed by atoms with Crippen LogP contribution in [0.2, 0.25) is 0 Å². The summed E-state index contributed by atoms with van der Waals surface area (Å²) < 4.78 is 0.865. The number of halogens is 1. The summed E-state index contributed by atoms with van der Waals surface area (Å²) in [5.74, 6) is 0.115. The number of nitrogens with zero attached hydrogens (tertiary/aromatic N) is 2. The Labute approximate surface area is 146 Å². The van der Waals surface area contributed by atoms with Gasteiger partial charge in [0.25, 0.3) is 5.91 Å². The molecular weight excluding hydrogens is 352 g/mol. The SMILES string of the molecule is CC1CN(C(=O)c2ccccc2Br)CCN1Cc1ccccc1. The lowest BCUT2D eigenvalue weighted by Crippen LogP contribution is -2.53. The molecule has 3 nitrogen and oxygen atoms in total. The van der Waals surface area contributed by atoms with Crippen LogP contribution in [0.1, 0.15) is 22.8 Å². The van der Waals surface area contributed by atoms with Gasteiger partial charge < -0.3 is 4.90 Å². The molecule has 1 unspecified atom stereocenters. The zero-order chi connectivity index (χ0) is 16.2. The van der Waals surface area contributed by atoms with Gasteiger partial charge in [0.05, 0.1) is 5.56 Å². The summed E-state index contributed by atoms with van der Waals surface area (Å²) >= 11 is 3.48. The standard InChI is InChI=1S/C19H21BrN2O/c1-15-13-22(19(23)17-9-5-6-10-18(17)20)12-11-21(15)14-16-7-3-2-4-8-16/h2-10,15H,11-14H2,1H3. The fourth-order valence-electron chi connectivity index (χ4n) is 3.04. The van der Waals surface area contributed by atoms with E-state index in [1.165, 1.54) is 5.56 Å². The molecule has 0 aromatic heterocycles. The largest absolute Gasteiger partial charge is 0.336 e. The molecule has 1 atom stereocenters. The van der Waals surface area contributed by atoms with E-state index < -0.39 is 0 Å². The van der Waals surface area contributed by atoms with Gasteiger partial charge in [-0.05, 0) is 40.5 Å². The Morgan fingerprint density at radius 2 is 1.78 bits per heavy atom. The predicted molar refractivity (Wildman–Crippen MR) is 96.4 cm³/mol. The zero-order valence-electron chi connectivity index (χ0n) is 13.3. The van der Waals surface area contributed by atoms with Gasteiger partial charge in [-0.1, -0.05) is 42.5 Å². The topological polar surface area (TPSA) is 23.6 Å². The lowest BCUT2D eigenvalue weighted by molar-refractivity contribution is 0.0494. The molecule has 0 N–H and O–H groups in total. The first-order valence-electron chi connectivity index (χ1n) is 7.97. The maximum Gasteiger partial charge on any atom is 0.255 e. The summed E-state index contributed by atoms with van der Waals surface area (Å²) in [6.07, 6.45) is 0. The van der Waals surface area contributed by atoms with Crippen LogP contribution in [0.4, 0.5) is 0 Å². The van der Waals surface area contributed by atoms with E-state index in [4.69, 9.17) is 0 Å². The third kappa shape index (κ3) is 3.82. The number of rotatable bonds is 3. The van der Waals surface area contributed by atoms with E-state index >= 15 is 0 Å². The molecule has 23 heavy (non-hydrogen) atoms. The van der Waals surface area contributed by atoms with E-state index in [-0.39, 0.29) is 5.91 Å². The molecule has 1 amide bonds. The van der Waals surface area contributed by atoms with Crippen molar-refractivity contribution in [1.82, 2.24) is 9.80 Å². The van der Waals surface area contributed by atoms with Crippen molar-refractivity contribution in [3.05, 3.63) is 70.2 Å². The van der Waals surface area contributed by atoms with Gasteiger partial charge in [-0.25, -0.2) is 0 Å². The second-order valence-corrected chi connectivity index (χ2v) is 6.89. The van der Waals surface area contributed by atoms with Gasteiger partial charge in [0, 0.05) is 36.7 Å². The quantitative estimate of drug-likeness (QED) is 0.817. The minimum absolute atomic E-state index is 0.115. The van der Waals surface area contributed by atoms with Gasteiger partial charge in [-0.15, -0.1) is 0 Å². The van der Waals surface area contributed by atoms with Crippen LogP contribution in [0.15, 0.2) is 59.1 Å². The van der Waals surface area contributed by atoms with E-state index in [0.29, 0.717) is 6.04 Å². The van der Waals surface area contributed by atoms with Crippen LogP contribution in [-0.4, -0.2) is 41.4 Å². The Kier molecular flexibility index (Phi) is 5.13. The van der Waals surface area contributed by atoms with Gasteiger partial charge in [-0.3, -0.25) is 9.69 Å². The molecule has 1 fully saturated rings. The maximum atomic E-state index is 12.7. The van der Waals surface area contributed by atoms with Gasteiger partial charge in [0.2, 0.25) is 0 Å². The highest BCUT2D eigenvalue weighted by molar-refractivity contribution is 9.10. The Morgan fingerprint density at radius 1 is 1.09 bits per heavy atom. The van der Waals surface area contributed by atoms with Crippen molar-refractivity contribution >= 4 is 21.8 Å². The number of carbonyl (C=O) groups excluding carboxylic acids is 1. The summed E-state index contributed by atoms with van der Waals surface area (Å²) in [4.78, 5) is 17.1. The van der Waals surface area contributed by atoms with Gasteiger partial charge in [0.15, 0.2) is 0 Å². The molecule has 4 heteroatoms. The zero-order valence-corrected chi connectivity index (χ0v) is 14.9. The van der Waals surface area contributed by atoms with E-state index in [2.05, 4.69) is 52.0 Å². The molecule has 0 aliphatic carbocycles. The monoisotopic (exact) mass is 372 g/mol. The number of hydrogen-bond acceptors (Lipinski definition) is 2. The van der Waals surface area contributed by atoms with Crippen LogP contribution < -0.4 is 0 Å². The molecule has 0 saturated carbocycles. The summed E-state index contributed by atoms with van der Waals surface area (Å²) in [5, 5.41) is 0. The van der Waals surface area contributed by atoms with Crippen LogP contribution in [0, 0.1) is 0 Å². The fourth-order valence-corrected chi connectivity index (χ4v) is 3.49. The Hall–Kier alpha value is -1.65. The van der Waals surface area contributed by atoms with E-state index in [1.807, 2.05) is 35.2 Å². The third-order valence-corrected chi connectivity index (χ3v) is 5.08. The van der Waals surface area contributed by atoms with Crippen LogP contribution in [0.3, 0.4) is 0 Å². The summed E-state index contributed by atoms with van der Waals surface area (Å²) in [6, 6.07) is 18.5. The Morgan fingerprint density at radius 3 is 2.48 bits per heavy atom. The van der Waals surface area contributed by atoms with Crippen LogP contribution in [0.5, 0.6) is 0 Å². The maximum absolute atomic E-state index is 12.7. The molecule has 1 heterocycles. The van der Waals surface area contributed by atoms with E-state index in [9.17, 15) is 4.79 Å². The highest BCUT2D eigenvalue weighted by Crippen LogP contribution is 2.20. The smallest absolute Gasteiger partial charge is 0.255 e. The number of benzene rings is 2. The first-order chi connectivity index (χ1) is 11.1. The molecule has 0 bridgehead atoms. The first kappa shape index (κ1) is 16.2. The molecule has 1 saturated heterocycles. The molecule has 120 valence electrons. The normalized spacial score (nSPS) is 18.9. The Bertz CT molecular complexity index is 674. The van der Waals surface area contributed by atoms with Crippen molar-refractivity contribution in [2.24, 2.45) is 0 Å². The Balaban J connectivity index is 1.64. The minimum Gasteiger partial charge on any atom is -0.336 e. The molecule has 1 aliphatic rings. The average Bonchev–Trinajstić information content (AvgIpc) is 2.57. The van der Waals surface area contributed by atoms with Crippen molar-refractivity contribution in [2.45, 2.75) is 19.5 Å². The summed E-state index contributed by atoms with van der Waals surface area (Å²) in [6.45, 7) is 5.60. The minimum atomic E-state index is 0.115. The summed E-state index contributed by atoms with van der Waals surface area (Å²) in [7, 11) is 0. The summed E-state index contributed by atoms with van der Waals surface area (Å²) in [5.41, 5.74) is 2.07. The molecular formula is C19H21BrN2O. The van der Waals surface area contributed by atoms with Crippen molar-refractivity contribution in [1.29, 1.82) is 0 Å². The van der Waals surface area contributed by atoms with E-state index in [1.54, 1.807) is 0 Å². The lowest BCUT2D eigenvalue weighted by Gasteiger charge is -2.40. The van der Waals surface area contributed by atoms with Crippen molar-refractivity contribution in [3.8, 4) is 0 Å². The second-order valence-electron chi connectivity index (χ2n) is 6.04. The predicted octanol–water partition coefficient (Wildman–Crippen LogP) is 3.80. The molecule has 2 aromatic rings. The molecule has 0 spiro atoms. The van der Waals surface area contributed by atoms with Crippen molar-refractivity contribution < 1.29 is 4.79 Å². The fraction of sp³-hybridized carbons (Fsp3) is 0.316. The van der Waals surface area contributed by atoms with Crippen LogP contribution in [0.25, 0.3) is 0 Å². The lowest BCUT2D eigenvalue weighted by atomic mass is 10.1. The van der Waals surface area contributed by atoms with Gasteiger partial charge >= 0.3 is 0 Å². The van der Waals surface area contributed by atoms with Gasteiger partial charge in [-0.2, -0.15) is 0 Å². The van der Waals surface area contributed by atoms with Crippen molar-refractivity contribution in [3.63, 3.8) is 0 Å². The number of carbonyl (C=O) groups is 1. The number of hydrogen-bond donors (Lipinski definition) is 0. The molecule has 0 radical (unpaired) electrons. The number of amides is 1. The van der Waals surface area contributed by atoms with Crippen LogP contribution in [-0.2, 0) is 6.54 Å². The highest BCUT2D eigenvalue weighted by Gasteiger charge is 2.27. The molecule has 3 rings (SSSR count). The highest BCUT2D eigenvalue weighted by atomic mass is 79.9. The third-order valence-electron chi connectivity index (χ3n) is 4.39. The molecule has 2 aromatic carbocycles. The van der Waals surface area contributed by atoms with Crippen LogP contribution >= 0.6 is 15.9 Å². The van der Waals surface area contributed by atoms with E-state index in [0.717, 1.165) is 36.2 Å². The average molecular weight is 373 g/mol. The molecule has 1 aliphatic heterocycles. The van der Waals surface area contributed by atoms with Gasteiger partial charge in [0.1, 0.15) is 0 Å².